The SMILES string of the molecule is [Cl-].[Cl-].[Cl-].[Cl-].[Cl-].[Cl-].[Cl-].[Cl-].[Na+].[V+5].[Zn+2]. The topological polar surface area (TPSA) is 0 Å². The summed E-state index contributed by atoms with van der Waals surface area (Å²) in [6, 6.07) is 0. The normalized spacial score (nSPS) is 0. The maximum absolute atomic E-state index is 0. The summed E-state index contributed by atoms with van der Waals surface area (Å²) in [7, 11) is 0. The molecule has 0 atom stereocenters. The van der Waals surface area contributed by atoms with Gasteiger partial charge in [0, 0.05) is 0 Å². The molecule has 0 N–H and O–H groups in total. The molecule has 0 bridgehead atoms. The fourth-order valence-electron chi connectivity index (χ4n) is 0. The van der Waals surface area contributed by atoms with Gasteiger partial charge in [0.15, 0.2) is 0 Å². The third-order valence-electron chi connectivity index (χ3n) is 0. The molecule has 11 heavy (non-hydrogen) atoms. The van der Waals surface area contributed by atoms with Crippen molar-refractivity contribution < 1.29 is 167 Å². The van der Waals surface area contributed by atoms with Gasteiger partial charge in [-0.3, -0.25) is 0 Å². The van der Waals surface area contributed by atoms with Gasteiger partial charge in [-0.2, -0.15) is 0 Å². The second-order valence-corrected chi connectivity index (χ2v) is 0. The van der Waals surface area contributed by atoms with E-state index >= 15 is 0 Å². The number of halogens is 8. The molecule has 0 nitrogen and oxygen atoms in total. The van der Waals surface area contributed by atoms with Gasteiger partial charge in [0.2, 0.25) is 0 Å². The largest absolute Gasteiger partial charge is 5.00 e. The van der Waals surface area contributed by atoms with Crippen LogP contribution in [0.4, 0.5) is 0 Å². The fraction of sp³-hybridized carbons (Fsp3) is 0. The Hall–Kier alpha value is 4.53. The van der Waals surface area contributed by atoms with Crippen molar-refractivity contribution in [2.24, 2.45) is 0 Å². The summed E-state index contributed by atoms with van der Waals surface area (Å²) in [5, 5.41) is 0. The molecule has 0 radical (unpaired) electrons. The molecule has 0 saturated carbocycles. The Morgan fingerprint density at radius 1 is 0.364 bits per heavy atom. The van der Waals surface area contributed by atoms with Crippen molar-refractivity contribution in [3.63, 3.8) is 0 Å². The first-order valence-corrected chi connectivity index (χ1v) is 0. The first-order chi connectivity index (χ1) is 0. The van der Waals surface area contributed by atoms with Crippen LogP contribution in [0.1, 0.15) is 0 Å². The molecule has 11 heteroatoms. The van der Waals surface area contributed by atoms with E-state index < -0.39 is 0 Å². The van der Waals surface area contributed by atoms with Crippen LogP contribution in [0, 0.1) is 0 Å². The van der Waals surface area contributed by atoms with Crippen molar-refractivity contribution in [3.05, 3.63) is 0 Å². The van der Waals surface area contributed by atoms with Gasteiger partial charge < -0.3 is 99.3 Å². The predicted octanol–water partition coefficient (Wildman–Crippen LogP) is -27.0. The van der Waals surface area contributed by atoms with E-state index in [9.17, 15) is 0 Å². The van der Waals surface area contributed by atoms with Gasteiger partial charge in [-0.15, -0.1) is 0 Å². The zero-order valence-electron chi connectivity index (χ0n) is 5.18. The Kier molecular flexibility index (Phi) is 1880. The summed E-state index contributed by atoms with van der Waals surface area (Å²) in [6.45, 7) is 0. The number of hydrogen-bond acceptors (Lipinski definition) is 0. The zero-order chi connectivity index (χ0) is 0. The summed E-state index contributed by atoms with van der Waals surface area (Å²) in [4.78, 5) is 0. The van der Waals surface area contributed by atoms with Gasteiger partial charge in [-0.05, 0) is 0 Å². The predicted molar refractivity (Wildman–Crippen MR) is 0 cm³/mol. The quantitative estimate of drug-likeness (QED) is 0.340. The maximum atomic E-state index is 0. The minimum atomic E-state index is 0. The standard InChI is InChI=1S/8ClH.Na.V.Zn/h8*1H;;;/q;;;;;;;;+1;+5;+2/p-8. The zero-order valence-corrected chi connectivity index (χ0v) is 17.6. The van der Waals surface area contributed by atoms with E-state index in [2.05, 4.69) is 0 Å². The van der Waals surface area contributed by atoms with Crippen LogP contribution in [0.15, 0.2) is 0 Å². The molecule has 0 aliphatic carbocycles. The van der Waals surface area contributed by atoms with Crippen LogP contribution in [-0.4, -0.2) is 0 Å². The number of hydrogen-bond donors (Lipinski definition) is 0. The van der Waals surface area contributed by atoms with Gasteiger partial charge in [0.1, 0.15) is 0 Å². The van der Waals surface area contributed by atoms with Gasteiger partial charge in [-0.25, -0.2) is 0 Å². The Balaban J connectivity index is 0. The molecule has 0 heterocycles. The molecule has 0 aromatic heterocycles. The van der Waals surface area contributed by atoms with E-state index in [4.69, 9.17) is 0 Å². The summed E-state index contributed by atoms with van der Waals surface area (Å²) in [5.74, 6) is 0. The van der Waals surface area contributed by atoms with Gasteiger partial charge in [0.25, 0.3) is 0 Å². The van der Waals surface area contributed by atoms with E-state index in [1.807, 2.05) is 0 Å². The van der Waals surface area contributed by atoms with E-state index in [1.54, 1.807) is 0 Å². The van der Waals surface area contributed by atoms with Crippen molar-refractivity contribution in [3.8, 4) is 0 Å². The summed E-state index contributed by atoms with van der Waals surface area (Å²) < 4.78 is 0. The van der Waals surface area contributed by atoms with Crippen molar-refractivity contribution in [2.75, 3.05) is 0 Å². The second kappa shape index (κ2) is 130. The van der Waals surface area contributed by atoms with Crippen LogP contribution in [0.5, 0.6) is 0 Å². The van der Waals surface area contributed by atoms with E-state index in [0.29, 0.717) is 0 Å². The molecule has 0 aliphatic rings. The Labute approximate surface area is 164 Å². The molecule has 0 fully saturated rings. The molecule has 0 saturated heterocycles. The first kappa shape index (κ1) is 160. The van der Waals surface area contributed by atoms with Gasteiger partial charge in [0.05, 0.1) is 0 Å². The molecule has 64 valence electrons. The maximum Gasteiger partial charge on any atom is 5.00 e. The van der Waals surface area contributed by atoms with E-state index in [1.165, 1.54) is 0 Å². The molecular formula is Cl8NaVZn. The minimum Gasteiger partial charge on any atom is -1.00 e. The molecule has 0 aromatic rings. The van der Waals surface area contributed by atoms with Crippen LogP contribution in [0.2, 0.25) is 0 Å². The molecule has 0 amide bonds. The smallest absolute Gasteiger partial charge is 1.00 e. The minimum absolute atomic E-state index is 0. The van der Waals surface area contributed by atoms with Crippen LogP contribution < -0.4 is 129 Å². The number of rotatable bonds is 0. The molecule has 0 aromatic carbocycles. The molecular weight excluding hydrogens is 423 g/mol. The summed E-state index contributed by atoms with van der Waals surface area (Å²) >= 11 is 0. The molecule has 0 rings (SSSR count). The van der Waals surface area contributed by atoms with Crippen molar-refractivity contribution >= 4 is 0 Å². The third kappa shape index (κ3) is 111. The van der Waals surface area contributed by atoms with Crippen molar-refractivity contribution in [1.82, 2.24) is 0 Å². The van der Waals surface area contributed by atoms with Gasteiger partial charge >= 0.3 is 67.6 Å². The van der Waals surface area contributed by atoms with Crippen LogP contribution in [0.3, 0.4) is 0 Å². The first-order valence-electron chi connectivity index (χ1n) is 0. The van der Waals surface area contributed by atoms with Crippen LogP contribution in [-0.2, 0) is 38.0 Å². The Morgan fingerprint density at radius 2 is 0.364 bits per heavy atom. The summed E-state index contributed by atoms with van der Waals surface area (Å²) in [5.41, 5.74) is 0. The van der Waals surface area contributed by atoms with Crippen LogP contribution >= 0.6 is 0 Å². The monoisotopic (exact) mass is 418 g/mol. The fourth-order valence-corrected chi connectivity index (χ4v) is 0. The molecule has 0 spiro atoms. The van der Waals surface area contributed by atoms with Crippen molar-refractivity contribution in [2.45, 2.75) is 0 Å². The summed E-state index contributed by atoms with van der Waals surface area (Å²) in [6.07, 6.45) is 0. The average Bonchev–Trinajstić information content (AvgIpc) is 0. The third-order valence-corrected chi connectivity index (χ3v) is 0. The molecule has 0 aliphatic heterocycles. The second-order valence-electron chi connectivity index (χ2n) is 0. The van der Waals surface area contributed by atoms with Crippen LogP contribution in [0.25, 0.3) is 0 Å². The van der Waals surface area contributed by atoms with E-state index in [0.717, 1.165) is 0 Å². The molecule has 0 unspecified atom stereocenters. The van der Waals surface area contributed by atoms with E-state index in [-0.39, 0.29) is 167 Å². The Morgan fingerprint density at radius 3 is 0.364 bits per heavy atom. The average molecular weight is 423 g/mol. The Bertz CT molecular complexity index is 14.1. The van der Waals surface area contributed by atoms with Gasteiger partial charge in [-0.1, -0.05) is 0 Å². The van der Waals surface area contributed by atoms with Crippen molar-refractivity contribution in [1.29, 1.82) is 0 Å².